The van der Waals surface area contributed by atoms with Gasteiger partial charge in [-0.3, -0.25) is 9.48 Å². The first kappa shape index (κ1) is 18.2. The Morgan fingerprint density at radius 2 is 1.65 bits per heavy atom. The molecular weight excluding hydrogens is 346 g/mol. The molecule has 1 atom stereocenters. The molecule has 1 heterocycles. The first-order chi connectivity index (χ1) is 12.5. The molecule has 0 fully saturated rings. The molecule has 1 unspecified atom stereocenters. The van der Waals surface area contributed by atoms with Crippen LogP contribution in [0.15, 0.2) is 54.6 Å². The number of halogens is 1. The zero-order valence-electron chi connectivity index (χ0n) is 15.2. The van der Waals surface area contributed by atoms with Crippen molar-refractivity contribution in [2.45, 2.75) is 33.4 Å². The lowest BCUT2D eigenvalue weighted by Gasteiger charge is -2.20. The number of rotatable bonds is 5. The summed E-state index contributed by atoms with van der Waals surface area (Å²) < 4.78 is 1.64. The third-order valence-electron chi connectivity index (χ3n) is 4.44. The van der Waals surface area contributed by atoms with Crippen LogP contribution in [0, 0.1) is 20.8 Å². The van der Waals surface area contributed by atoms with Gasteiger partial charge in [-0.15, -0.1) is 0 Å². The molecule has 0 aliphatic heterocycles. The molecule has 1 amide bonds. The summed E-state index contributed by atoms with van der Waals surface area (Å²) in [7, 11) is 0. The number of benzene rings is 2. The fourth-order valence-corrected chi connectivity index (χ4v) is 3.07. The molecule has 134 valence electrons. The van der Waals surface area contributed by atoms with Gasteiger partial charge in [-0.2, -0.15) is 5.10 Å². The van der Waals surface area contributed by atoms with Crippen LogP contribution in [0.4, 0.5) is 0 Å². The lowest BCUT2D eigenvalue weighted by molar-refractivity contribution is -0.122. The van der Waals surface area contributed by atoms with E-state index in [4.69, 9.17) is 11.6 Å². The molecule has 2 aromatic carbocycles. The van der Waals surface area contributed by atoms with Gasteiger partial charge in [0.2, 0.25) is 5.91 Å². The number of carbonyl (C=O) groups is 1. The molecule has 0 saturated carbocycles. The number of nitrogens with zero attached hydrogens (tertiary/aromatic N) is 2. The Balaban J connectivity index is 1.84. The Bertz CT molecular complexity index is 901. The number of aryl methyl sites for hydroxylation is 2. The van der Waals surface area contributed by atoms with Crippen molar-refractivity contribution < 1.29 is 4.79 Å². The van der Waals surface area contributed by atoms with Gasteiger partial charge >= 0.3 is 0 Å². The molecule has 0 saturated heterocycles. The van der Waals surface area contributed by atoms with Gasteiger partial charge in [-0.05, 0) is 31.9 Å². The molecule has 3 aromatic rings. The molecule has 5 heteroatoms. The third-order valence-corrected chi connectivity index (χ3v) is 4.98. The molecule has 1 aromatic heterocycles. The van der Waals surface area contributed by atoms with Gasteiger partial charge in [0.05, 0.1) is 22.5 Å². The summed E-state index contributed by atoms with van der Waals surface area (Å²) >= 11 is 6.18. The van der Waals surface area contributed by atoms with Crippen LogP contribution in [-0.2, 0) is 11.3 Å². The van der Waals surface area contributed by atoms with E-state index in [1.54, 1.807) is 4.68 Å². The van der Waals surface area contributed by atoms with Crippen molar-refractivity contribution in [3.63, 3.8) is 0 Å². The maximum atomic E-state index is 12.7. The van der Waals surface area contributed by atoms with E-state index in [9.17, 15) is 4.79 Å². The second-order valence-electron chi connectivity index (χ2n) is 6.46. The summed E-state index contributed by atoms with van der Waals surface area (Å²) in [6.07, 6.45) is 0. The maximum absolute atomic E-state index is 12.7. The van der Waals surface area contributed by atoms with E-state index in [1.165, 1.54) is 5.56 Å². The van der Waals surface area contributed by atoms with Gasteiger partial charge in [0, 0.05) is 0 Å². The monoisotopic (exact) mass is 367 g/mol. The first-order valence-electron chi connectivity index (χ1n) is 8.56. The van der Waals surface area contributed by atoms with E-state index >= 15 is 0 Å². The van der Waals surface area contributed by atoms with Crippen molar-refractivity contribution in [2.75, 3.05) is 0 Å². The van der Waals surface area contributed by atoms with E-state index in [-0.39, 0.29) is 18.5 Å². The van der Waals surface area contributed by atoms with Crippen molar-refractivity contribution in [1.82, 2.24) is 15.1 Å². The maximum Gasteiger partial charge on any atom is 0.242 e. The summed E-state index contributed by atoms with van der Waals surface area (Å²) in [6.45, 7) is 5.88. The number of carbonyl (C=O) groups excluding carboxylic acids is 1. The Labute approximate surface area is 158 Å². The lowest BCUT2D eigenvalue weighted by Crippen LogP contribution is -2.32. The fourth-order valence-electron chi connectivity index (χ4n) is 2.94. The van der Waals surface area contributed by atoms with Crippen LogP contribution in [0.2, 0.25) is 5.02 Å². The van der Waals surface area contributed by atoms with Gasteiger partial charge < -0.3 is 5.32 Å². The zero-order chi connectivity index (χ0) is 18.7. The van der Waals surface area contributed by atoms with Crippen molar-refractivity contribution in [3.05, 3.63) is 87.7 Å². The highest BCUT2D eigenvalue weighted by Gasteiger charge is 2.18. The van der Waals surface area contributed by atoms with Crippen LogP contribution in [0.1, 0.15) is 34.1 Å². The predicted octanol–water partition coefficient (Wildman–Crippen LogP) is 4.37. The van der Waals surface area contributed by atoms with E-state index in [0.717, 1.165) is 22.5 Å². The van der Waals surface area contributed by atoms with Crippen molar-refractivity contribution in [3.8, 4) is 0 Å². The number of amides is 1. The molecule has 0 aliphatic rings. The molecule has 0 spiro atoms. The topological polar surface area (TPSA) is 46.9 Å². The van der Waals surface area contributed by atoms with Crippen LogP contribution >= 0.6 is 11.6 Å². The summed E-state index contributed by atoms with van der Waals surface area (Å²) in [5, 5.41) is 8.08. The van der Waals surface area contributed by atoms with E-state index in [1.807, 2.05) is 63.2 Å². The van der Waals surface area contributed by atoms with Crippen LogP contribution in [0.3, 0.4) is 0 Å². The predicted molar refractivity (Wildman–Crippen MR) is 104 cm³/mol. The quantitative estimate of drug-likeness (QED) is 0.728. The van der Waals surface area contributed by atoms with E-state index < -0.39 is 0 Å². The third kappa shape index (κ3) is 3.97. The van der Waals surface area contributed by atoms with Crippen LogP contribution in [0.25, 0.3) is 0 Å². The molecule has 0 radical (unpaired) electrons. The first-order valence-corrected chi connectivity index (χ1v) is 8.94. The van der Waals surface area contributed by atoms with E-state index in [2.05, 4.69) is 22.5 Å². The molecule has 1 N–H and O–H groups in total. The van der Waals surface area contributed by atoms with Crippen molar-refractivity contribution >= 4 is 17.5 Å². The average molecular weight is 368 g/mol. The molecule has 4 nitrogen and oxygen atoms in total. The number of hydrogen-bond donors (Lipinski definition) is 1. The smallest absolute Gasteiger partial charge is 0.242 e. The summed E-state index contributed by atoms with van der Waals surface area (Å²) in [5.41, 5.74) is 4.79. The van der Waals surface area contributed by atoms with Gasteiger partial charge in [-0.25, -0.2) is 0 Å². The molecule has 0 aliphatic carbocycles. The summed E-state index contributed by atoms with van der Waals surface area (Å²) in [5.74, 6) is -0.110. The zero-order valence-corrected chi connectivity index (χ0v) is 15.9. The Morgan fingerprint density at radius 1 is 1.04 bits per heavy atom. The summed E-state index contributed by atoms with van der Waals surface area (Å²) in [6, 6.07) is 18.0. The van der Waals surface area contributed by atoms with Gasteiger partial charge in [0.1, 0.15) is 6.54 Å². The minimum atomic E-state index is -0.211. The largest absolute Gasteiger partial charge is 0.344 e. The van der Waals surface area contributed by atoms with Gasteiger partial charge in [0.15, 0.2) is 0 Å². The van der Waals surface area contributed by atoms with Crippen LogP contribution < -0.4 is 5.32 Å². The Morgan fingerprint density at radius 3 is 2.23 bits per heavy atom. The average Bonchev–Trinajstić information content (AvgIpc) is 2.88. The normalized spacial score (nSPS) is 12.0. The lowest BCUT2D eigenvalue weighted by atomic mass is 9.98. The SMILES string of the molecule is Cc1ccc(C(NC(=O)Cn2nc(C)c(Cl)c2C)c2ccccc2)cc1. The highest BCUT2D eigenvalue weighted by Crippen LogP contribution is 2.23. The van der Waals surface area contributed by atoms with E-state index in [0.29, 0.717) is 5.02 Å². The van der Waals surface area contributed by atoms with Crippen LogP contribution in [0.5, 0.6) is 0 Å². The van der Waals surface area contributed by atoms with Crippen molar-refractivity contribution in [2.24, 2.45) is 0 Å². The highest BCUT2D eigenvalue weighted by molar-refractivity contribution is 6.31. The molecule has 0 bridgehead atoms. The fraction of sp³-hybridized carbons (Fsp3) is 0.238. The Kier molecular flexibility index (Phi) is 5.43. The van der Waals surface area contributed by atoms with Crippen LogP contribution in [-0.4, -0.2) is 15.7 Å². The molecular formula is C21H22ClN3O. The van der Waals surface area contributed by atoms with Crippen molar-refractivity contribution in [1.29, 1.82) is 0 Å². The number of hydrogen-bond acceptors (Lipinski definition) is 2. The second-order valence-corrected chi connectivity index (χ2v) is 6.84. The second kappa shape index (κ2) is 7.75. The minimum absolute atomic E-state index is 0.110. The highest BCUT2D eigenvalue weighted by atomic mass is 35.5. The number of nitrogens with one attached hydrogen (secondary N) is 1. The molecule has 3 rings (SSSR count). The molecule has 26 heavy (non-hydrogen) atoms. The standard InChI is InChI=1S/C21H22ClN3O/c1-14-9-11-18(12-10-14)21(17-7-5-4-6-8-17)23-19(26)13-25-16(3)20(22)15(2)24-25/h4-12,21H,13H2,1-3H3,(H,23,26). The summed E-state index contributed by atoms with van der Waals surface area (Å²) in [4.78, 5) is 12.7. The minimum Gasteiger partial charge on any atom is -0.344 e. The Hall–Kier alpha value is -2.59. The number of aromatic nitrogens is 2. The van der Waals surface area contributed by atoms with Gasteiger partial charge in [0.25, 0.3) is 0 Å². The van der Waals surface area contributed by atoms with Gasteiger partial charge in [-0.1, -0.05) is 71.8 Å².